The summed E-state index contributed by atoms with van der Waals surface area (Å²) in [7, 11) is 0. The van der Waals surface area contributed by atoms with Gasteiger partial charge in [0.2, 0.25) is 5.91 Å². The third-order valence-corrected chi connectivity index (χ3v) is 6.05. The summed E-state index contributed by atoms with van der Waals surface area (Å²) in [5.41, 5.74) is 4.31. The van der Waals surface area contributed by atoms with E-state index in [1.54, 1.807) is 0 Å². The molecule has 4 aromatic rings. The Balaban J connectivity index is 1.40. The van der Waals surface area contributed by atoms with E-state index in [2.05, 4.69) is 28.6 Å². The largest absolute Gasteiger partial charge is 0.493 e. The molecule has 0 fully saturated rings. The molecule has 1 unspecified atom stereocenters. The number of carbonyl (C=O) groups excluding carboxylic acids is 1. The molecule has 1 amide bonds. The highest BCUT2D eigenvalue weighted by molar-refractivity contribution is 5.78. The summed E-state index contributed by atoms with van der Waals surface area (Å²) in [6, 6.07) is 26.1. The van der Waals surface area contributed by atoms with Crippen molar-refractivity contribution in [2.24, 2.45) is 0 Å². The minimum Gasteiger partial charge on any atom is -0.493 e. The fourth-order valence-corrected chi connectivity index (χ4v) is 4.31. The lowest BCUT2D eigenvalue weighted by Gasteiger charge is -2.17. The van der Waals surface area contributed by atoms with Crippen molar-refractivity contribution in [3.63, 3.8) is 0 Å². The molecule has 0 saturated heterocycles. The molecule has 0 spiro atoms. The maximum atomic E-state index is 12.7. The summed E-state index contributed by atoms with van der Waals surface area (Å²) in [6.45, 7) is 7.18. The molecule has 5 nitrogen and oxygen atoms in total. The molecule has 0 radical (unpaired) electrons. The molecule has 5 heteroatoms. The van der Waals surface area contributed by atoms with E-state index in [0.717, 1.165) is 59.5 Å². The lowest BCUT2D eigenvalue weighted by molar-refractivity contribution is -0.121. The number of aromatic nitrogens is 2. The summed E-state index contributed by atoms with van der Waals surface area (Å²) in [5, 5.41) is 3.14. The van der Waals surface area contributed by atoms with Crippen molar-refractivity contribution >= 4 is 16.9 Å². The molecule has 1 N–H and O–H groups in total. The minimum atomic E-state index is -0.195. The van der Waals surface area contributed by atoms with Gasteiger partial charge in [-0.15, -0.1) is 6.58 Å². The molecule has 1 heterocycles. The van der Waals surface area contributed by atoms with Crippen LogP contribution in [-0.2, 0) is 24.2 Å². The van der Waals surface area contributed by atoms with Crippen LogP contribution >= 0.6 is 0 Å². The zero-order valence-electron chi connectivity index (χ0n) is 20.3. The van der Waals surface area contributed by atoms with Crippen LogP contribution in [0.2, 0.25) is 0 Å². The first-order valence-electron chi connectivity index (χ1n) is 12.3. The van der Waals surface area contributed by atoms with Gasteiger partial charge in [0.25, 0.3) is 0 Å². The Labute approximate surface area is 207 Å². The quantitative estimate of drug-likeness (QED) is 0.204. The lowest BCUT2D eigenvalue weighted by Crippen LogP contribution is -2.29. The number of para-hydroxylation sites is 3. The van der Waals surface area contributed by atoms with Crippen molar-refractivity contribution in [3.05, 3.63) is 108 Å². The predicted octanol–water partition coefficient (Wildman–Crippen LogP) is 6.04. The van der Waals surface area contributed by atoms with Crippen molar-refractivity contribution in [2.75, 3.05) is 6.61 Å². The van der Waals surface area contributed by atoms with Gasteiger partial charge >= 0.3 is 0 Å². The number of ether oxygens (including phenoxy) is 1. The van der Waals surface area contributed by atoms with Crippen LogP contribution < -0.4 is 10.1 Å². The topological polar surface area (TPSA) is 56.1 Å². The summed E-state index contributed by atoms with van der Waals surface area (Å²) in [4.78, 5) is 17.5. The Hall–Kier alpha value is -3.86. The van der Waals surface area contributed by atoms with E-state index >= 15 is 0 Å². The number of aryl methyl sites for hydroxylation is 2. The smallest absolute Gasteiger partial charge is 0.220 e. The first kappa shape index (κ1) is 24.3. The van der Waals surface area contributed by atoms with Crippen LogP contribution in [0.25, 0.3) is 11.0 Å². The summed E-state index contributed by atoms with van der Waals surface area (Å²) >= 11 is 0. The van der Waals surface area contributed by atoms with Gasteiger partial charge in [0, 0.05) is 13.0 Å². The monoisotopic (exact) mass is 467 g/mol. The number of hydrogen-bond donors (Lipinski definition) is 1. The highest BCUT2D eigenvalue weighted by atomic mass is 16.5. The van der Waals surface area contributed by atoms with Gasteiger partial charge in [0.15, 0.2) is 0 Å². The van der Waals surface area contributed by atoms with E-state index in [-0.39, 0.29) is 11.9 Å². The van der Waals surface area contributed by atoms with E-state index in [9.17, 15) is 4.79 Å². The fraction of sp³-hybridized carbons (Fsp3) is 0.267. The maximum absolute atomic E-state index is 12.7. The van der Waals surface area contributed by atoms with Gasteiger partial charge in [-0.25, -0.2) is 4.98 Å². The lowest BCUT2D eigenvalue weighted by atomic mass is 10.1. The van der Waals surface area contributed by atoms with Crippen molar-refractivity contribution < 1.29 is 9.53 Å². The predicted molar refractivity (Wildman–Crippen MR) is 142 cm³/mol. The average Bonchev–Trinajstić information content (AvgIpc) is 3.26. The first-order chi connectivity index (χ1) is 17.2. The number of amides is 1. The van der Waals surface area contributed by atoms with Crippen LogP contribution in [0.4, 0.5) is 0 Å². The van der Waals surface area contributed by atoms with Crippen LogP contribution in [0.5, 0.6) is 5.75 Å². The minimum absolute atomic E-state index is 0.0297. The zero-order valence-corrected chi connectivity index (χ0v) is 20.3. The van der Waals surface area contributed by atoms with Crippen molar-refractivity contribution in [3.8, 4) is 5.75 Å². The van der Waals surface area contributed by atoms with Gasteiger partial charge in [-0.1, -0.05) is 66.7 Å². The molecule has 0 aliphatic heterocycles. The number of imidazole rings is 1. The second kappa shape index (κ2) is 12.0. The maximum Gasteiger partial charge on any atom is 0.220 e. The Morgan fingerprint density at radius 3 is 2.63 bits per heavy atom. The van der Waals surface area contributed by atoms with E-state index in [1.807, 2.05) is 79.7 Å². The molecular formula is C30H33N3O2. The third-order valence-electron chi connectivity index (χ3n) is 6.05. The van der Waals surface area contributed by atoms with Crippen LogP contribution in [0, 0.1) is 0 Å². The Bertz CT molecular complexity index is 1260. The molecule has 0 saturated carbocycles. The highest BCUT2D eigenvalue weighted by Crippen LogP contribution is 2.23. The highest BCUT2D eigenvalue weighted by Gasteiger charge is 2.18. The number of nitrogens with zero attached hydrogens (tertiary/aromatic N) is 2. The Kier molecular flexibility index (Phi) is 8.34. The molecule has 0 aliphatic rings. The summed E-state index contributed by atoms with van der Waals surface area (Å²) < 4.78 is 8.29. The number of nitrogens with one attached hydrogen (secondary N) is 1. The fourth-order valence-electron chi connectivity index (χ4n) is 4.31. The van der Waals surface area contributed by atoms with Crippen LogP contribution in [0.1, 0.15) is 42.8 Å². The number of rotatable bonds is 12. The van der Waals surface area contributed by atoms with Gasteiger partial charge in [-0.3, -0.25) is 4.79 Å². The van der Waals surface area contributed by atoms with Crippen molar-refractivity contribution in [1.29, 1.82) is 0 Å². The van der Waals surface area contributed by atoms with Crippen LogP contribution in [-0.4, -0.2) is 22.1 Å². The van der Waals surface area contributed by atoms with Gasteiger partial charge in [0.05, 0.1) is 23.7 Å². The molecule has 1 aromatic heterocycles. The second-order valence-electron chi connectivity index (χ2n) is 8.69. The van der Waals surface area contributed by atoms with E-state index in [4.69, 9.17) is 9.72 Å². The van der Waals surface area contributed by atoms with Gasteiger partial charge in [0.1, 0.15) is 11.6 Å². The van der Waals surface area contributed by atoms with E-state index in [0.29, 0.717) is 13.0 Å². The van der Waals surface area contributed by atoms with Crippen molar-refractivity contribution in [1.82, 2.24) is 14.9 Å². The van der Waals surface area contributed by atoms with Gasteiger partial charge < -0.3 is 14.6 Å². The summed E-state index contributed by atoms with van der Waals surface area (Å²) in [6.07, 6.45) is 4.67. The van der Waals surface area contributed by atoms with Crippen molar-refractivity contribution in [2.45, 2.75) is 45.2 Å². The number of carbonyl (C=O) groups is 1. The van der Waals surface area contributed by atoms with Gasteiger partial charge in [-0.05, 0) is 55.5 Å². The molecular weight excluding hydrogens is 434 g/mol. The molecule has 0 bridgehead atoms. The SMILES string of the molecule is C=CCc1ccccc1OCCCn1c(C(C)NC(=O)CCc2ccccc2)nc2ccccc21. The molecule has 0 aliphatic carbocycles. The number of benzene rings is 3. The average molecular weight is 468 g/mol. The second-order valence-corrected chi connectivity index (χ2v) is 8.69. The zero-order chi connectivity index (χ0) is 24.5. The Morgan fingerprint density at radius 1 is 1.06 bits per heavy atom. The van der Waals surface area contributed by atoms with E-state index in [1.165, 1.54) is 0 Å². The first-order valence-corrected chi connectivity index (χ1v) is 12.3. The normalized spacial score (nSPS) is 11.8. The third kappa shape index (κ3) is 6.38. The summed E-state index contributed by atoms with van der Waals surface area (Å²) in [5.74, 6) is 1.80. The Morgan fingerprint density at radius 2 is 1.80 bits per heavy atom. The molecule has 4 rings (SSSR count). The van der Waals surface area contributed by atoms with Crippen LogP contribution in [0.3, 0.4) is 0 Å². The van der Waals surface area contributed by atoms with Crippen LogP contribution in [0.15, 0.2) is 91.5 Å². The number of allylic oxidation sites excluding steroid dienone is 1. The van der Waals surface area contributed by atoms with E-state index < -0.39 is 0 Å². The standard InChI is InChI=1S/C30H33N3O2/c1-3-12-25-15-7-10-18-28(25)35-22-11-21-33-27-17-9-8-16-26(27)32-30(33)23(2)31-29(34)20-19-24-13-5-4-6-14-24/h3-10,13-18,23H,1,11-12,19-22H2,2H3,(H,31,34). The number of fused-ring (bicyclic) bond motifs is 1. The van der Waals surface area contributed by atoms with Gasteiger partial charge in [-0.2, -0.15) is 0 Å². The molecule has 1 atom stereocenters. The molecule has 35 heavy (non-hydrogen) atoms. The number of hydrogen-bond acceptors (Lipinski definition) is 3. The molecule has 180 valence electrons. The molecule has 3 aromatic carbocycles.